The summed E-state index contributed by atoms with van der Waals surface area (Å²) in [6.45, 7) is 3.56. The van der Waals surface area contributed by atoms with Crippen molar-refractivity contribution in [3.63, 3.8) is 0 Å². The molecule has 0 unspecified atom stereocenters. The fourth-order valence-corrected chi connectivity index (χ4v) is 3.76. The summed E-state index contributed by atoms with van der Waals surface area (Å²) in [6.07, 6.45) is 1.43. The highest BCUT2D eigenvalue weighted by Gasteiger charge is 2.25. The maximum atomic E-state index is 12.7. The molecule has 4 rings (SSSR count). The normalized spacial score (nSPS) is 14.2. The largest absolute Gasteiger partial charge is 0.338 e. The van der Waals surface area contributed by atoms with E-state index in [-0.39, 0.29) is 23.9 Å². The van der Waals surface area contributed by atoms with E-state index in [2.05, 4.69) is 4.98 Å². The molecule has 3 aromatic rings. The van der Waals surface area contributed by atoms with Gasteiger partial charge in [-0.05, 0) is 42.8 Å². The lowest BCUT2D eigenvalue weighted by Gasteiger charge is -2.35. The summed E-state index contributed by atoms with van der Waals surface area (Å²) in [5.41, 5.74) is 1.92. The zero-order valence-electron chi connectivity index (χ0n) is 16.5. The summed E-state index contributed by atoms with van der Waals surface area (Å²) in [7, 11) is 0. The number of hydrogen-bond donors (Lipinski definition) is 0. The van der Waals surface area contributed by atoms with Crippen molar-refractivity contribution in [2.75, 3.05) is 26.2 Å². The summed E-state index contributed by atoms with van der Waals surface area (Å²) < 4.78 is 1.34. The van der Waals surface area contributed by atoms with E-state index in [4.69, 9.17) is 11.6 Å². The van der Waals surface area contributed by atoms with Crippen LogP contribution in [0.2, 0.25) is 5.02 Å². The molecule has 1 aliphatic rings. The van der Waals surface area contributed by atoms with Gasteiger partial charge in [0.25, 0.3) is 11.5 Å². The number of halogens is 1. The molecule has 7 nitrogen and oxygen atoms in total. The van der Waals surface area contributed by atoms with Crippen molar-refractivity contribution >= 4 is 34.3 Å². The minimum Gasteiger partial charge on any atom is -0.338 e. The van der Waals surface area contributed by atoms with Gasteiger partial charge in [-0.15, -0.1) is 0 Å². The van der Waals surface area contributed by atoms with E-state index >= 15 is 0 Å². The molecule has 1 aromatic heterocycles. The minimum atomic E-state index is -0.228. The highest BCUT2D eigenvalue weighted by molar-refractivity contribution is 6.30. The van der Waals surface area contributed by atoms with E-state index in [9.17, 15) is 14.4 Å². The van der Waals surface area contributed by atoms with E-state index in [1.807, 2.05) is 19.1 Å². The Labute approximate surface area is 178 Å². The predicted octanol–water partition coefficient (Wildman–Crippen LogP) is 2.34. The third-order valence-electron chi connectivity index (χ3n) is 5.37. The number of aromatic nitrogens is 2. The quantitative estimate of drug-likeness (QED) is 0.646. The van der Waals surface area contributed by atoms with Crippen LogP contribution in [0.15, 0.2) is 53.6 Å². The second-order valence-corrected chi connectivity index (χ2v) is 7.77. The Morgan fingerprint density at radius 3 is 2.37 bits per heavy atom. The van der Waals surface area contributed by atoms with Crippen molar-refractivity contribution in [3.05, 3.63) is 75.3 Å². The monoisotopic (exact) mass is 424 g/mol. The molecule has 1 aliphatic heterocycles. The Balaban J connectivity index is 1.41. The van der Waals surface area contributed by atoms with Crippen LogP contribution in [-0.4, -0.2) is 57.3 Å². The first-order valence-electron chi connectivity index (χ1n) is 9.71. The van der Waals surface area contributed by atoms with Crippen LogP contribution >= 0.6 is 11.6 Å². The van der Waals surface area contributed by atoms with Crippen LogP contribution in [0.3, 0.4) is 0 Å². The summed E-state index contributed by atoms with van der Waals surface area (Å²) >= 11 is 5.88. The van der Waals surface area contributed by atoms with Crippen LogP contribution in [-0.2, 0) is 11.3 Å². The summed E-state index contributed by atoms with van der Waals surface area (Å²) in [5, 5.41) is 1.08. The third kappa shape index (κ3) is 3.93. The first kappa shape index (κ1) is 20.1. The molecule has 2 aromatic carbocycles. The number of hydrogen-bond acceptors (Lipinski definition) is 4. The molecule has 0 bridgehead atoms. The highest BCUT2D eigenvalue weighted by atomic mass is 35.5. The minimum absolute atomic E-state index is 0.0686. The Morgan fingerprint density at radius 1 is 1.00 bits per heavy atom. The lowest BCUT2D eigenvalue weighted by atomic mass is 10.1. The van der Waals surface area contributed by atoms with Gasteiger partial charge in [0.1, 0.15) is 6.54 Å². The first-order chi connectivity index (χ1) is 14.4. The van der Waals surface area contributed by atoms with Crippen molar-refractivity contribution in [1.82, 2.24) is 19.4 Å². The molecule has 1 fully saturated rings. The fraction of sp³-hybridized carbons (Fsp3) is 0.273. The fourth-order valence-electron chi connectivity index (χ4n) is 3.63. The predicted molar refractivity (Wildman–Crippen MR) is 115 cm³/mol. The average Bonchev–Trinajstić information content (AvgIpc) is 2.76. The van der Waals surface area contributed by atoms with E-state index < -0.39 is 0 Å². The van der Waals surface area contributed by atoms with Gasteiger partial charge >= 0.3 is 0 Å². The molecule has 8 heteroatoms. The van der Waals surface area contributed by atoms with Crippen molar-refractivity contribution < 1.29 is 9.59 Å². The van der Waals surface area contributed by atoms with Gasteiger partial charge in [-0.2, -0.15) is 0 Å². The van der Waals surface area contributed by atoms with Crippen LogP contribution in [0.5, 0.6) is 0 Å². The summed E-state index contributed by atoms with van der Waals surface area (Å²) in [4.78, 5) is 45.8. The molecule has 0 N–H and O–H groups in total. The van der Waals surface area contributed by atoms with Gasteiger partial charge in [-0.3, -0.25) is 19.0 Å². The van der Waals surface area contributed by atoms with E-state index in [0.717, 1.165) is 5.56 Å². The van der Waals surface area contributed by atoms with Crippen molar-refractivity contribution in [1.29, 1.82) is 0 Å². The number of amides is 2. The molecule has 0 radical (unpaired) electrons. The molecule has 2 heterocycles. The number of carbonyl (C=O) groups is 2. The van der Waals surface area contributed by atoms with Gasteiger partial charge in [0, 0.05) is 36.8 Å². The molecule has 0 atom stereocenters. The van der Waals surface area contributed by atoms with Crippen LogP contribution in [0.4, 0.5) is 0 Å². The lowest BCUT2D eigenvalue weighted by Crippen LogP contribution is -2.51. The van der Waals surface area contributed by atoms with Crippen LogP contribution < -0.4 is 5.56 Å². The van der Waals surface area contributed by atoms with Gasteiger partial charge in [-0.1, -0.05) is 23.7 Å². The zero-order chi connectivity index (χ0) is 21.3. The standard InChI is InChI=1S/C22H21ClN4O3/c1-15-3-2-4-18-20(15)24-14-27(22(18)30)13-19(28)25-9-11-26(12-10-25)21(29)16-5-7-17(23)8-6-16/h2-8,14H,9-13H2,1H3. The molecule has 154 valence electrons. The van der Waals surface area contributed by atoms with Crippen molar-refractivity contribution in [3.8, 4) is 0 Å². The average molecular weight is 425 g/mol. The maximum Gasteiger partial charge on any atom is 0.261 e. The van der Waals surface area contributed by atoms with Gasteiger partial charge in [-0.25, -0.2) is 4.98 Å². The van der Waals surface area contributed by atoms with Gasteiger partial charge in [0.05, 0.1) is 17.2 Å². The molecule has 0 aliphatic carbocycles. The molecule has 2 amide bonds. The lowest BCUT2D eigenvalue weighted by molar-refractivity contribution is -0.133. The number of aryl methyl sites for hydroxylation is 1. The van der Waals surface area contributed by atoms with Crippen molar-refractivity contribution in [2.45, 2.75) is 13.5 Å². The highest BCUT2D eigenvalue weighted by Crippen LogP contribution is 2.14. The number of para-hydroxylation sites is 1. The van der Waals surface area contributed by atoms with Gasteiger partial charge in [0.2, 0.25) is 5.91 Å². The van der Waals surface area contributed by atoms with Gasteiger partial charge in [0.15, 0.2) is 0 Å². The third-order valence-corrected chi connectivity index (χ3v) is 5.62. The van der Waals surface area contributed by atoms with Gasteiger partial charge < -0.3 is 9.80 Å². The van der Waals surface area contributed by atoms with Crippen LogP contribution in [0.1, 0.15) is 15.9 Å². The second-order valence-electron chi connectivity index (χ2n) is 7.33. The zero-order valence-corrected chi connectivity index (χ0v) is 17.3. The Kier molecular flexibility index (Phi) is 5.55. The summed E-state index contributed by atoms with van der Waals surface area (Å²) in [6, 6.07) is 12.2. The topological polar surface area (TPSA) is 75.5 Å². The smallest absolute Gasteiger partial charge is 0.261 e. The number of carbonyl (C=O) groups excluding carboxylic acids is 2. The number of rotatable bonds is 3. The Bertz CT molecular complexity index is 1170. The van der Waals surface area contributed by atoms with Crippen molar-refractivity contribution in [2.24, 2.45) is 0 Å². The molecule has 0 spiro atoms. The van der Waals surface area contributed by atoms with E-state index in [0.29, 0.717) is 47.7 Å². The molecule has 1 saturated heterocycles. The Morgan fingerprint density at radius 2 is 1.67 bits per heavy atom. The molecule has 0 saturated carbocycles. The Hall–Kier alpha value is -3.19. The second kappa shape index (κ2) is 8.28. The molecular weight excluding hydrogens is 404 g/mol. The number of benzene rings is 2. The number of nitrogens with zero attached hydrogens (tertiary/aromatic N) is 4. The summed E-state index contributed by atoms with van der Waals surface area (Å²) in [5.74, 6) is -0.242. The SMILES string of the molecule is Cc1cccc2c(=O)n(CC(=O)N3CCN(C(=O)c4ccc(Cl)cc4)CC3)cnc12. The first-order valence-corrected chi connectivity index (χ1v) is 10.1. The number of piperazine rings is 1. The molecular formula is C22H21ClN4O3. The molecule has 30 heavy (non-hydrogen) atoms. The number of fused-ring (bicyclic) bond motifs is 1. The van der Waals surface area contributed by atoms with E-state index in [1.165, 1.54) is 10.9 Å². The van der Waals surface area contributed by atoms with Crippen LogP contribution in [0.25, 0.3) is 10.9 Å². The van der Waals surface area contributed by atoms with Crippen LogP contribution in [0, 0.1) is 6.92 Å². The maximum absolute atomic E-state index is 12.7. The van der Waals surface area contributed by atoms with E-state index in [1.54, 1.807) is 40.1 Å².